The number of aliphatic hydroxyl groups is 3. The summed E-state index contributed by atoms with van der Waals surface area (Å²) in [6.07, 6.45) is 1.36. The van der Waals surface area contributed by atoms with Crippen molar-refractivity contribution in [2.45, 2.75) is 43.6 Å². The molecule has 2 rings (SSSR count). The number of rotatable bonds is 1. The molecule has 3 N–H and O–H groups in total. The average Bonchev–Trinajstić information content (AvgIpc) is 2.60. The van der Waals surface area contributed by atoms with Crippen LogP contribution in [0.1, 0.15) is 19.3 Å². The minimum absolute atomic E-state index is 0.159. The smallest absolute Gasteiger partial charge is 0.0938 e. The molecule has 0 aromatic heterocycles. The Kier molecular flexibility index (Phi) is 2.55. The third-order valence-electron chi connectivity index (χ3n) is 3.20. The normalized spacial score (nSPS) is 47.3. The molecule has 4 nitrogen and oxygen atoms in total. The molecule has 2 unspecified atom stereocenters. The van der Waals surface area contributed by atoms with E-state index in [-0.39, 0.29) is 12.1 Å². The summed E-state index contributed by atoms with van der Waals surface area (Å²) in [5, 5.41) is 28.3. The summed E-state index contributed by atoms with van der Waals surface area (Å²) < 4.78 is 0. The second-order valence-corrected chi connectivity index (χ2v) is 4.15. The molecule has 4 heteroatoms. The highest BCUT2D eigenvalue weighted by atomic mass is 16.3. The first-order chi connectivity index (χ1) is 6.18. The average molecular weight is 187 g/mol. The molecular weight excluding hydrogens is 170 g/mol. The first-order valence-electron chi connectivity index (χ1n) is 4.96. The van der Waals surface area contributed by atoms with Gasteiger partial charge in [0.25, 0.3) is 0 Å². The number of aliphatic hydroxyl groups excluding tert-OH is 3. The lowest BCUT2D eigenvalue weighted by molar-refractivity contribution is 0.0572. The van der Waals surface area contributed by atoms with Crippen molar-refractivity contribution < 1.29 is 15.3 Å². The zero-order valence-corrected chi connectivity index (χ0v) is 7.63. The quantitative estimate of drug-likeness (QED) is 0.489. The topological polar surface area (TPSA) is 63.9 Å². The number of nitrogens with zero attached hydrogens (tertiary/aromatic N) is 1. The fourth-order valence-electron chi connectivity index (χ4n) is 2.42. The molecule has 0 radical (unpaired) electrons. The molecule has 2 fully saturated rings. The summed E-state index contributed by atoms with van der Waals surface area (Å²) in [6.45, 7) is 1.01. The summed E-state index contributed by atoms with van der Waals surface area (Å²) >= 11 is 0. The van der Waals surface area contributed by atoms with Gasteiger partial charge in [0, 0.05) is 19.1 Å². The lowest BCUT2D eigenvalue weighted by atomic mass is 10.2. The summed E-state index contributed by atoms with van der Waals surface area (Å²) in [6, 6.07) is 0.159. The monoisotopic (exact) mass is 187 g/mol. The Balaban J connectivity index is 1.95. The maximum Gasteiger partial charge on any atom is 0.0938 e. The number of hydrogen-bond donors (Lipinski definition) is 3. The second kappa shape index (κ2) is 3.53. The molecule has 0 amide bonds. The van der Waals surface area contributed by atoms with Gasteiger partial charge in [-0.2, -0.15) is 0 Å². The highest BCUT2D eigenvalue weighted by Gasteiger charge is 2.38. The van der Waals surface area contributed by atoms with Crippen molar-refractivity contribution in [1.29, 1.82) is 0 Å². The second-order valence-electron chi connectivity index (χ2n) is 4.15. The molecule has 2 aliphatic rings. The summed E-state index contributed by atoms with van der Waals surface area (Å²) in [5.74, 6) is 0. The van der Waals surface area contributed by atoms with Crippen LogP contribution in [-0.2, 0) is 0 Å². The van der Waals surface area contributed by atoms with Gasteiger partial charge in [0.05, 0.1) is 18.3 Å². The van der Waals surface area contributed by atoms with Gasteiger partial charge in [0.15, 0.2) is 0 Å². The van der Waals surface area contributed by atoms with E-state index in [0.717, 1.165) is 19.3 Å². The van der Waals surface area contributed by atoms with E-state index in [0.29, 0.717) is 13.1 Å². The predicted octanol–water partition coefficient (Wildman–Crippen LogP) is -1.06. The molecule has 1 saturated carbocycles. The number of β-amino-alcohol motifs (C(OH)–C–C–N with tert-alkyl or cyclic N) is 2. The molecule has 1 saturated heterocycles. The van der Waals surface area contributed by atoms with Gasteiger partial charge in [0.2, 0.25) is 0 Å². The lowest BCUT2D eigenvalue weighted by Gasteiger charge is -2.25. The van der Waals surface area contributed by atoms with Crippen LogP contribution in [0.15, 0.2) is 0 Å². The predicted molar refractivity (Wildman–Crippen MR) is 47.2 cm³/mol. The molecule has 0 bridgehead atoms. The number of hydrogen-bond acceptors (Lipinski definition) is 4. The van der Waals surface area contributed by atoms with Crippen molar-refractivity contribution in [3.63, 3.8) is 0 Å². The van der Waals surface area contributed by atoms with Gasteiger partial charge in [-0.15, -0.1) is 0 Å². The largest absolute Gasteiger partial charge is 0.391 e. The zero-order chi connectivity index (χ0) is 9.42. The van der Waals surface area contributed by atoms with Gasteiger partial charge in [-0.3, -0.25) is 4.90 Å². The maximum atomic E-state index is 9.62. The first kappa shape index (κ1) is 9.40. The highest BCUT2D eigenvalue weighted by Crippen LogP contribution is 2.27. The van der Waals surface area contributed by atoms with Crippen LogP contribution in [0.4, 0.5) is 0 Å². The fraction of sp³-hybridized carbons (Fsp3) is 1.00. The van der Waals surface area contributed by atoms with Crippen molar-refractivity contribution in [3.05, 3.63) is 0 Å². The summed E-state index contributed by atoms with van der Waals surface area (Å²) in [5.41, 5.74) is 0. The van der Waals surface area contributed by atoms with E-state index in [4.69, 9.17) is 0 Å². The lowest BCUT2D eigenvalue weighted by Crippen LogP contribution is -2.39. The molecule has 0 aromatic carbocycles. The molecule has 1 heterocycles. The van der Waals surface area contributed by atoms with Crippen LogP contribution in [0.25, 0.3) is 0 Å². The van der Waals surface area contributed by atoms with E-state index < -0.39 is 12.2 Å². The number of likely N-dealkylation sites (tertiary alicyclic amines) is 1. The standard InChI is InChI=1S/C9H17NO3/c11-7-3-1-2-6(7)10-4-8(12)9(13)5-10/h6-9,11-13H,1-5H2/t6-,7-,8?,9?/m0/s1. The summed E-state index contributed by atoms with van der Waals surface area (Å²) in [7, 11) is 0. The molecule has 0 aromatic rings. The Morgan fingerprint density at radius 1 is 0.846 bits per heavy atom. The van der Waals surface area contributed by atoms with E-state index >= 15 is 0 Å². The van der Waals surface area contributed by atoms with Crippen LogP contribution in [0.5, 0.6) is 0 Å². The van der Waals surface area contributed by atoms with Gasteiger partial charge in [-0.05, 0) is 19.3 Å². The van der Waals surface area contributed by atoms with Gasteiger partial charge < -0.3 is 15.3 Å². The Morgan fingerprint density at radius 3 is 1.92 bits per heavy atom. The van der Waals surface area contributed by atoms with Crippen LogP contribution in [-0.4, -0.2) is 57.7 Å². The molecule has 76 valence electrons. The zero-order valence-electron chi connectivity index (χ0n) is 7.63. The van der Waals surface area contributed by atoms with Crippen LogP contribution in [0.2, 0.25) is 0 Å². The van der Waals surface area contributed by atoms with E-state index in [2.05, 4.69) is 0 Å². The molecule has 13 heavy (non-hydrogen) atoms. The maximum absolute atomic E-state index is 9.62. The highest BCUT2D eigenvalue weighted by molar-refractivity contribution is 4.92. The van der Waals surface area contributed by atoms with Gasteiger partial charge >= 0.3 is 0 Å². The Hall–Kier alpha value is -0.160. The van der Waals surface area contributed by atoms with Gasteiger partial charge in [-0.1, -0.05) is 0 Å². The SMILES string of the molecule is OC1CN([C@H]2CCC[C@@H]2O)CC1O. The van der Waals surface area contributed by atoms with Gasteiger partial charge in [0.1, 0.15) is 0 Å². The molecular formula is C9H17NO3. The molecule has 4 atom stereocenters. The van der Waals surface area contributed by atoms with Crippen LogP contribution >= 0.6 is 0 Å². The third-order valence-corrected chi connectivity index (χ3v) is 3.20. The van der Waals surface area contributed by atoms with Crippen molar-refractivity contribution in [2.24, 2.45) is 0 Å². The van der Waals surface area contributed by atoms with Crippen molar-refractivity contribution >= 4 is 0 Å². The van der Waals surface area contributed by atoms with Crippen molar-refractivity contribution in [2.75, 3.05) is 13.1 Å². The summed E-state index contributed by atoms with van der Waals surface area (Å²) in [4.78, 5) is 2.01. The Labute approximate surface area is 77.8 Å². The Morgan fingerprint density at radius 2 is 1.46 bits per heavy atom. The molecule has 0 spiro atoms. The van der Waals surface area contributed by atoms with Crippen molar-refractivity contribution in [3.8, 4) is 0 Å². The Bertz CT molecular complexity index is 178. The van der Waals surface area contributed by atoms with E-state index in [1.54, 1.807) is 0 Å². The van der Waals surface area contributed by atoms with Crippen LogP contribution in [0, 0.1) is 0 Å². The van der Waals surface area contributed by atoms with E-state index in [1.807, 2.05) is 4.90 Å². The van der Waals surface area contributed by atoms with Crippen molar-refractivity contribution in [1.82, 2.24) is 4.90 Å². The fourth-order valence-corrected chi connectivity index (χ4v) is 2.42. The van der Waals surface area contributed by atoms with Gasteiger partial charge in [-0.25, -0.2) is 0 Å². The molecule has 1 aliphatic heterocycles. The van der Waals surface area contributed by atoms with E-state index in [9.17, 15) is 15.3 Å². The van der Waals surface area contributed by atoms with Crippen LogP contribution in [0.3, 0.4) is 0 Å². The minimum Gasteiger partial charge on any atom is -0.391 e. The third kappa shape index (κ3) is 1.72. The van der Waals surface area contributed by atoms with E-state index in [1.165, 1.54) is 0 Å². The minimum atomic E-state index is -0.632. The van der Waals surface area contributed by atoms with Crippen LogP contribution < -0.4 is 0 Å². The first-order valence-corrected chi connectivity index (χ1v) is 4.96. The molecule has 1 aliphatic carbocycles.